The van der Waals surface area contributed by atoms with Crippen molar-refractivity contribution in [3.05, 3.63) is 168 Å². The predicted octanol–water partition coefficient (Wildman–Crippen LogP) is 11.1. The van der Waals surface area contributed by atoms with Gasteiger partial charge >= 0.3 is 0 Å². The Balaban J connectivity index is 1.07. The minimum Gasteiger partial charge on any atom is -0.456 e. The molecule has 53 heavy (non-hydrogen) atoms. The third-order valence-corrected chi connectivity index (χ3v) is 10.6. The van der Waals surface area contributed by atoms with Crippen molar-refractivity contribution in [2.45, 2.75) is 6.17 Å². The van der Waals surface area contributed by atoms with Gasteiger partial charge < -0.3 is 14.2 Å². The summed E-state index contributed by atoms with van der Waals surface area (Å²) in [6.45, 7) is 0. The van der Waals surface area contributed by atoms with E-state index in [0.717, 1.165) is 110 Å². The number of pyridine rings is 1. The van der Waals surface area contributed by atoms with E-state index in [4.69, 9.17) is 23.8 Å². The molecular weight excluding hydrogens is 655 g/mol. The molecule has 0 saturated heterocycles. The first kappa shape index (κ1) is 28.4. The summed E-state index contributed by atoms with van der Waals surface area (Å²) in [5, 5.41) is 12.3. The number of hydrogen-bond acceptors (Lipinski definition) is 6. The monoisotopic (exact) mass is 681 g/mol. The average Bonchev–Trinajstić information content (AvgIpc) is 3.91. The van der Waals surface area contributed by atoms with Gasteiger partial charge in [-0.15, -0.1) is 0 Å². The van der Waals surface area contributed by atoms with Gasteiger partial charge in [0.25, 0.3) is 0 Å². The number of aromatic nitrogens is 2. The van der Waals surface area contributed by atoms with Gasteiger partial charge in [0.2, 0.25) is 0 Å². The van der Waals surface area contributed by atoms with Crippen LogP contribution in [0, 0.1) is 0 Å². The van der Waals surface area contributed by atoms with Gasteiger partial charge in [-0.2, -0.15) is 0 Å². The summed E-state index contributed by atoms with van der Waals surface area (Å²) in [6.07, 6.45) is 1.61. The molecule has 1 aliphatic rings. The maximum Gasteiger partial charge on any atom is 0.169 e. The van der Waals surface area contributed by atoms with Crippen molar-refractivity contribution in [3.63, 3.8) is 0 Å². The normalized spacial score (nSPS) is 15.0. The van der Waals surface area contributed by atoms with Gasteiger partial charge in [0.15, 0.2) is 11.7 Å². The molecule has 0 bridgehead atoms. The SMILES string of the molecule is c1ccc(C2=NC(c3ccc4c(c3)c3ccccc3c3nc5cc6c(cn5c43)oc3ccccc36)N=C(c3ccc4oc5ccccc5c4c3)N2)cc1. The Labute approximate surface area is 301 Å². The summed E-state index contributed by atoms with van der Waals surface area (Å²) in [7, 11) is 0. The highest BCUT2D eigenvalue weighted by Gasteiger charge is 2.23. The first-order chi connectivity index (χ1) is 26.2. The number of rotatable bonds is 3. The van der Waals surface area contributed by atoms with Crippen LogP contribution in [0.5, 0.6) is 0 Å². The van der Waals surface area contributed by atoms with Crippen LogP contribution in [0.4, 0.5) is 0 Å². The maximum absolute atomic E-state index is 6.32. The molecule has 1 aliphatic heterocycles. The molecule has 1 atom stereocenters. The summed E-state index contributed by atoms with van der Waals surface area (Å²) >= 11 is 0. The average molecular weight is 682 g/mol. The van der Waals surface area contributed by atoms with E-state index in [0.29, 0.717) is 0 Å². The number of nitrogens with one attached hydrogen (secondary N) is 1. The predicted molar refractivity (Wildman–Crippen MR) is 214 cm³/mol. The minimum absolute atomic E-state index is 0.477. The zero-order chi connectivity index (χ0) is 34.6. The van der Waals surface area contributed by atoms with Crippen molar-refractivity contribution in [2.24, 2.45) is 9.98 Å². The highest BCUT2D eigenvalue weighted by atomic mass is 16.3. The second-order valence-electron chi connectivity index (χ2n) is 13.7. The molecule has 4 aromatic heterocycles. The Morgan fingerprint density at radius 2 is 1.11 bits per heavy atom. The molecule has 7 aromatic carbocycles. The Hall–Kier alpha value is -7.25. The van der Waals surface area contributed by atoms with Gasteiger partial charge in [-0.25, -0.2) is 15.0 Å². The number of amidine groups is 2. The largest absolute Gasteiger partial charge is 0.456 e. The Kier molecular flexibility index (Phi) is 5.71. The van der Waals surface area contributed by atoms with Crippen molar-refractivity contribution < 1.29 is 8.83 Å². The van der Waals surface area contributed by atoms with E-state index in [9.17, 15) is 0 Å². The van der Waals surface area contributed by atoms with Crippen molar-refractivity contribution >= 4 is 93.8 Å². The molecule has 12 rings (SSSR count). The first-order valence-corrected chi connectivity index (χ1v) is 17.7. The van der Waals surface area contributed by atoms with Crippen LogP contribution in [-0.2, 0) is 0 Å². The topological polar surface area (TPSA) is 80.3 Å². The molecule has 7 nitrogen and oxygen atoms in total. The Bertz CT molecular complexity index is 3390. The van der Waals surface area contributed by atoms with Crippen molar-refractivity contribution in [1.82, 2.24) is 14.7 Å². The van der Waals surface area contributed by atoms with Gasteiger partial charge in [-0.3, -0.25) is 4.40 Å². The van der Waals surface area contributed by atoms with Crippen LogP contribution in [0.25, 0.3) is 82.1 Å². The Morgan fingerprint density at radius 3 is 1.91 bits per heavy atom. The highest BCUT2D eigenvalue weighted by molar-refractivity contribution is 6.25. The molecule has 0 aliphatic carbocycles. The zero-order valence-electron chi connectivity index (χ0n) is 28.1. The van der Waals surface area contributed by atoms with Crippen LogP contribution >= 0.6 is 0 Å². The third kappa shape index (κ3) is 4.19. The molecular formula is C46H27N5O2. The van der Waals surface area contributed by atoms with E-state index in [1.54, 1.807) is 0 Å². The van der Waals surface area contributed by atoms with Crippen molar-refractivity contribution in [3.8, 4) is 0 Å². The van der Waals surface area contributed by atoms with Crippen LogP contribution < -0.4 is 5.32 Å². The quantitative estimate of drug-likeness (QED) is 0.188. The van der Waals surface area contributed by atoms with E-state index in [2.05, 4.69) is 101 Å². The molecule has 1 N–H and O–H groups in total. The fourth-order valence-electron chi connectivity index (χ4n) is 8.14. The lowest BCUT2D eigenvalue weighted by Gasteiger charge is -2.23. The van der Waals surface area contributed by atoms with Crippen molar-refractivity contribution in [2.75, 3.05) is 0 Å². The molecule has 5 heterocycles. The number of hydrogen-bond donors (Lipinski definition) is 1. The minimum atomic E-state index is -0.477. The van der Waals surface area contributed by atoms with Gasteiger partial charge in [0.05, 0.1) is 17.2 Å². The lowest BCUT2D eigenvalue weighted by Crippen LogP contribution is -2.36. The molecule has 0 radical (unpaired) electrons. The molecule has 11 aromatic rings. The highest BCUT2D eigenvalue weighted by Crippen LogP contribution is 2.39. The number of nitrogens with zero attached hydrogens (tertiary/aromatic N) is 4. The second-order valence-corrected chi connectivity index (χ2v) is 13.7. The first-order valence-electron chi connectivity index (χ1n) is 17.7. The van der Waals surface area contributed by atoms with Crippen LogP contribution in [0.2, 0.25) is 0 Å². The number of benzene rings is 7. The second kappa shape index (κ2) is 10.6. The van der Waals surface area contributed by atoms with E-state index >= 15 is 0 Å². The van der Waals surface area contributed by atoms with Crippen LogP contribution in [-0.4, -0.2) is 21.1 Å². The molecule has 0 amide bonds. The van der Waals surface area contributed by atoms with E-state index in [-0.39, 0.29) is 0 Å². The smallest absolute Gasteiger partial charge is 0.169 e. The number of imidazole rings is 1. The number of furan rings is 2. The third-order valence-electron chi connectivity index (χ3n) is 10.6. The summed E-state index contributed by atoms with van der Waals surface area (Å²) in [5.74, 6) is 1.53. The summed E-state index contributed by atoms with van der Waals surface area (Å²) < 4.78 is 14.6. The number of para-hydroxylation sites is 2. The zero-order valence-corrected chi connectivity index (χ0v) is 28.1. The van der Waals surface area contributed by atoms with Crippen LogP contribution in [0.3, 0.4) is 0 Å². The van der Waals surface area contributed by atoms with E-state index in [1.165, 1.54) is 0 Å². The fraction of sp³-hybridized carbons (Fsp3) is 0.0217. The summed E-state index contributed by atoms with van der Waals surface area (Å²) in [4.78, 5) is 15.7. The number of aliphatic imine (C=N–C) groups is 2. The standard InChI is InChI=1S/C46H27N5O2/c1-2-10-26(11-3-1)44-48-45(50-46(49-44)28-19-21-39-35(23-28)30-13-6-8-16-37(30)52-39)27-18-20-33-34(22-27)29-12-4-5-15-32(29)42-43(33)51-25-40-36(24-41(51)47-42)31-14-7-9-17-38(31)53-40/h1-25,45H,(H,48,49,50). The molecule has 0 spiro atoms. The van der Waals surface area contributed by atoms with E-state index in [1.807, 2.05) is 60.7 Å². The number of fused-ring (bicyclic) bond motifs is 14. The van der Waals surface area contributed by atoms with E-state index < -0.39 is 6.17 Å². The van der Waals surface area contributed by atoms with Gasteiger partial charge in [0.1, 0.15) is 34.1 Å². The van der Waals surface area contributed by atoms with Crippen LogP contribution in [0.15, 0.2) is 171 Å². The summed E-state index contributed by atoms with van der Waals surface area (Å²) in [6, 6.07) is 50.1. The lowest BCUT2D eigenvalue weighted by molar-refractivity contribution is 0.666. The lowest BCUT2D eigenvalue weighted by atomic mass is 9.97. The summed E-state index contributed by atoms with van der Waals surface area (Å²) in [5.41, 5.74) is 9.27. The Morgan fingerprint density at radius 1 is 0.472 bits per heavy atom. The molecule has 0 fully saturated rings. The molecule has 248 valence electrons. The van der Waals surface area contributed by atoms with Gasteiger partial charge in [-0.05, 0) is 58.8 Å². The van der Waals surface area contributed by atoms with Crippen LogP contribution in [0.1, 0.15) is 22.9 Å². The fourth-order valence-corrected chi connectivity index (χ4v) is 8.14. The molecule has 1 unspecified atom stereocenters. The molecule has 0 saturated carbocycles. The van der Waals surface area contributed by atoms with Crippen molar-refractivity contribution in [1.29, 1.82) is 0 Å². The molecule has 7 heteroatoms. The van der Waals surface area contributed by atoms with Gasteiger partial charge in [-0.1, -0.05) is 103 Å². The maximum atomic E-state index is 6.32. The van der Waals surface area contributed by atoms with Gasteiger partial charge in [0, 0.05) is 43.4 Å².